The Balaban J connectivity index is 1.21. The van der Waals surface area contributed by atoms with Gasteiger partial charge < -0.3 is 19.1 Å². The van der Waals surface area contributed by atoms with Gasteiger partial charge in [-0.25, -0.2) is 0 Å². The van der Waals surface area contributed by atoms with E-state index >= 15 is 0 Å². The van der Waals surface area contributed by atoms with E-state index < -0.39 is 0 Å². The summed E-state index contributed by atoms with van der Waals surface area (Å²) in [6, 6.07) is 14.1. The molecule has 2 aliphatic heterocycles. The Morgan fingerprint density at radius 1 is 1.00 bits per heavy atom. The van der Waals surface area contributed by atoms with Crippen LogP contribution in [0, 0.1) is 0 Å². The second kappa shape index (κ2) is 10.1. The van der Waals surface area contributed by atoms with Crippen LogP contribution in [0.4, 0.5) is 0 Å². The van der Waals surface area contributed by atoms with Gasteiger partial charge in [-0.1, -0.05) is 12.1 Å². The van der Waals surface area contributed by atoms with Crippen LogP contribution in [0.3, 0.4) is 0 Å². The number of benzene rings is 2. The van der Waals surface area contributed by atoms with Crippen LogP contribution < -0.4 is 14.2 Å². The molecule has 2 aliphatic rings. The number of ether oxygens (including phenoxy) is 3. The maximum atomic E-state index is 12.6. The van der Waals surface area contributed by atoms with Crippen molar-refractivity contribution in [2.45, 2.75) is 18.4 Å². The highest BCUT2D eigenvalue weighted by Gasteiger charge is 2.21. The minimum atomic E-state index is 0.190. The van der Waals surface area contributed by atoms with Crippen molar-refractivity contribution in [2.24, 2.45) is 0 Å². The van der Waals surface area contributed by atoms with E-state index in [2.05, 4.69) is 17.0 Å². The second-order valence-corrected chi connectivity index (χ2v) is 8.38. The standard InChI is InChI=1S/C23H28N2O4S/c1-2-27-19-5-3-18(4-6-19)16-24-9-11-25(12-10-24)23(26)17-30-20-7-8-21-22(15-20)29-14-13-28-21/h3-8,15H,2,9-14,16-17H2,1H3. The minimum absolute atomic E-state index is 0.190. The maximum Gasteiger partial charge on any atom is 0.233 e. The molecule has 160 valence electrons. The van der Waals surface area contributed by atoms with Crippen LogP contribution in [0.25, 0.3) is 0 Å². The molecular weight excluding hydrogens is 400 g/mol. The van der Waals surface area contributed by atoms with Crippen LogP contribution in [-0.2, 0) is 11.3 Å². The first-order chi connectivity index (χ1) is 14.7. The van der Waals surface area contributed by atoms with Crippen LogP contribution in [0.2, 0.25) is 0 Å². The van der Waals surface area contributed by atoms with Crippen LogP contribution in [0.1, 0.15) is 12.5 Å². The first-order valence-corrected chi connectivity index (χ1v) is 11.4. The van der Waals surface area contributed by atoms with Gasteiger partial charge >= 0.3 is 0 Å². The largest absolute Gasteiger partial charge is 0.494 e. The summed E-state index contributed by atoms with van der Waals surface area (Å²) >= 11 is 1.55. The van der Waals surface area contributed by atoms with E-state index in [-0.39, 0.29) is 5.91 Å². The normalized spacial score (nSPS) is 16.4. The molecule has 2 aromatic rings. The Kier molecular flexibility index (Phi) is 7.02. The van der Waals surface area contributed by atoms with E-state index in [1.165, 1.54) is 5.56 Å². The van der Waals surface area contributed by atoms with E-state index in [4.69, 9.17) is 14.2 Å². The van der Waals surface area contributed by atoms with E-state index in [0.717, 1.165) is 54.9 Å². The van der Waals surface area contributed by atoms with Crippen LogP contribution in [-0.4, -0.2) is 67.5 Å². The Labute approximate surface area is 182 Å². The summed E-state index contributed by atoms with van der Waals surface area (Å²) in [7, 11) is 0. The number of rotatable bonds is 7. The molecule has 4 rings (SSSR count). The zero-order valence-corrected chi connectivity index (χ0v) is 18.2. The summed E-state index contributed by atoms with van der Waals surface area (Å²) in [5, 5.41) is 0. The zero-order chi connectivity index (χ0) is 20.8. The summed E-state index contributed by atoms with van der Waals surface area (Å²) in [6.07, 6.45) is 0. The number of carbonyl (C=O) groups excluding carboxylic acids is 1. The van der Waals surface area contributed by atoms with E-state index in [1.807, 2.05) is 42.2 Å². The van der Waals surface area contributed by atoms with Crippen LogP contribution >= 0.6 is 11.8 Å². The fourth-order valence-electron chi connectivity index (χ4n) is 3.62. The van der Waals surface area contributed by atoms with Gasteiger partial charge in [-0.15, -0.1) is 11.8 Å². The number of hydrogen-bond donors (Lipinski definition) is 0. The molecule has 0 aliphatic carbocycles. The van der Waals surface area contributed by atoms with Crippen molar-refractivity contribution in [1.82, 2.24) is 9.80 Å². The topological polar surface area (TPSA) is 51.2 Å². The highest BCUT2D eigenvalue weighted by atomic mass is 32.2. The van der Waals surface area contributed by atoms with E-state index in [1.54, 1.807) is 11.8 Å². The maximum absolute atomic E-state index is 12.6. The predicted molar refractivity (Wildman–Crippen MR) is 118 cm³/mol. The number of hydrogen-bond acceptors (Lipinski definition) is 6. The molecule has 0 atom stereocenters. The first-order valence-electron chi connectivity index (χ1n) is 10.5. The summed E-state index contributed by atoms with van der Waals surface area (Å²) in [5.41, 5.74) is 1.27. The molecule has 0 spiro atoms. The number of fused-ring (bicyclic) bond motifs is 1. The SMILES string of the molecule is CCOc1ccc(CN2CCN(C(=O)CSc3ccc4c(c3)OCCO4)CC2)cc1. The van der Waals surface area contributed by atoms with Gasteiger partial charge in [0.15, 0.2) is 11.5 Å². The smallest absolute Gasteiger partial charge is 0.233 e. The quantitative estimate of drug-likeness (QED) is 0.631. The van der Waals surface area contributed by atoms with Gasteiger partial charge in [0.1, 0.15) is 19.0 Å². The average molecular weight is 429 g/mol. The molecule has 2 aromatic carbocycles. The molecule has 1 fully saturated rings. The van der Waals surface area contributed by atoms with Crippen LogP contribution in [0.15, 0.2) is 47.4 Å². The fourth-order valence-corrected chi connectivity index (χ4v) is 4.45. The lowest BCUT2D eigenvalue weighted by Gasteiger charge is -2.34. The highest BCUT2D eigenvalue weighted by Crippen LogP contribution is 2.34. The summed E-state index contributed by atoms with van der Waals surface area (Å²) in [5.74, 6) is 3.09. The first kappa shape index (κ1) is 20.9. The molecule has 0 unspecified atom stereocenters. The third-order valence-electron chi connectivity index (χ3n) is 5.24. The summed E-state index contributed by atoms with van der Waals surface area (Å²) in [4.78, 5) is 18.0. The van der Waals surface area contributed by atoms with Crippen molar-refractivity contribution in [3.05, 3.63) is 48.0 Å². The van der Waals surface area contributed by atoms with Gasteiger partial charge in [0.2, 0.25) is 5.91 Å². The molecular formula is C23H28N2O4S. The van der Waals surface area contributed by atoms with Gasteiger partial charge in [-0.3, -0.25) is 9.69 Å². The molecule has 0 saturated carbocycles. The fraction of sp³-hybridized carbons (Fsp3) is 0.435. The highest BCUT2D eigenvalue weighted by molar-refractivity contribution is 8.00. The average Bonchev–Trinajstić information content (AvgIpc) is 2.79. The van der Waals surface area contributed by atoms with Crippen LogP contribution in [0.5, 0.6) is 17.2 Å². The van der Waals surface area contributed by atoms with Crippen molar-refractivity contribution in [1.29, 1.82) is 0 Å². The zero-order valence-electron chi connectivity index (χ0n) is 17.3. The van der Waals surface area contributed by atoms with Crippen molar-refractivity contribution >= 4 is 17.7 Å². The van der Waals surface area contributed by atoms with Gasteiger partial charge in [0, 0.05) is 37.6 Å². The molecule has 0 aromatic heterocycles. The van der Waals surface area contributed by atoms with E-state index in [9.17, 15) is 4.79 Å². The van der Waals surface area contributed by atoms with Gasteiger partial charge in [-0.05, 0) is 42.8 Å². The second-order valence-electron chi connectivity index (χ2n) is 7.33. The number of nitrogens with zero attached hydrogens (tertiary/aromatic N) is 2. The number of amides is 1. The van der Waals surface area contributed by atoms with E-state index in [0.29, 0.717) is 25.6 Å². The Bertz CT molecular complexity index is 851. The lowest BCUT2D eigenvalue weighted by molar-refractivity contribution is -0.130. The third-order valence-corrected chi connectivity index (χ3v) is 6.22. The predicted octanol–water partition coefficient (Wildman–Crippen LogP) is 3.29. The monoisotopic (exact) mass is 428 g/mol. The van der Waals surface area contributed by atoms with Crippen molar-refractivity contribution in [3.8, 4) is 17.2 Å². The molecule has 1 amide bonds. The summed E-state index contributed by atoms with van der Waals surface area (Å²) < 4.78 is 16.7. The lowest BCUT2D eigenvalue weighted by atomic mass is 10.2. The Hall–Kier alpha value is -2.38. The molecule has 0 N–H and O–H groups in total. The summed E-state index contributed by atoms with van der Waals surface area (Å²) in [6.45, 7) is 8.08. The number of carbonyl (C=O) groups is 1. The molecule has 0 radical (unpaired) electrons. The number of thioether (sulfide) groups is 1. The van der Waals surface area contributed by atoms with Crippen molar-refractivity contribution in [2.75, 3.05) is 51.8 Å². The Morgan fingerprint density at radius 3 is 2.47 bits per heavy atom. The van der Waals surface area contributed by atoms with Crippen molar-refractivity contribution in [3.63, 3.8) is 0 Å². The molecule has 7 heteroatoms. The van der Waals surface area contributed by atoms with Gasteiger partial charge in [0.05, 0.1) is 12.4 Å². The lowest BCUT2D eigenvalue weighted by Crippen LogP contribution is -2.48. The molecule has 2 heterocycles. The third kappa shape index (κ3) is 5.40. The van der Waals surface area contributed by atoms with Gasteiger partial charge in [0.25, 0.3) is 0 Å². The molecule has 1 saturated heterocycles. The number of piperazine rings is 1. The molecule has 0 bridgehead atoms. The molecule has 30 heavy (non-hydrogen) atoms. The van der Waals surface area contributed by atoms with Gasteiger partial charge in [-0.2, -0.15) is 0 Å². The minimum Gasteiger partial charge on any atom is -0.494 e. The Morgan fingerprint density at radius 2 is 1.73 bits per heavy atom. The van der Waals surface area contributed by atoms with Crippen molar-refractivity contribution < 1.29 is 19.0 Å². The molecule has 6 nitrogen and oxygen atoms in total.